The van der Waals surface area contributed by atoms with Crippen LogP contribution in [0, 0.1) is 0 Å². The molecule has 5 nitrogen and oxygen atoms in total. The van der Waals surface area contributed by atoms with E-state index in [9.17, 15) is 0 Å². The summed E-state index contributed by atoms with van der Waals surface area (Å²) in [6, 6.07) is 16.0. The van der Waals surface area contributed by atoms with Gasteiger partial charge in [0.25, 0.3) is 0 Å². The van der Waals surface area contributed by atoms with Crippen LogP contribution in [0.1, 0.15) is 24.9 Å². The number of aliphatic imine (C=N–C) groups is 2. The summed E-state index contributed by atoms with van der Waals surface area (Å²) in [6.07, 6.45) is 0.478. The van der Waals surface area contributed by atoms with Crippen LogP contribution in [0.5, 0.6) is 0 Å². The van der Waals surface area contributed by atoms with Crippen molar-refractivity contribution in [1.82, 2.24) is 0 Å². The Bertz CT molecular complexity index is 918. The SMILES string of the molecule is CCN(C[C@H]1COC(CC2=N[C@@H](c3ccc(Cl)c(Cl)c3)CO2)=N1)c1ccccc1. The molecule has 7 heteroatoms. The first kappa shape index (κ1) is 20.0. The lowest BCUT2D eigenvalue weighted by molar-refractivity contribution is 0.299. The predicted molar refractivity (Wildman–Crippen MR) is 119 cm³/mol. The average Bonchev–Trinajstić information content (AvgIpc) is 3.39. The maximum Gasteiger partial charge on any atom is 0.193 e. The molecule has 2 aliphatic heterocycles. The zero-order valence-corrected chi connectivity index (χ0v) is 17.7. The normalized spacial score (nSPS) is 20.7. The molecule has 0 aliphatic carbocycles. The molecule has 0 saturated carbocycles. The van der Waals surface area contributed by atoms with Crippen LogP contribution in [-0.2, 0) is 9.47 Å². The Morgan fingerprint density at radius 2 is 1.72 bits per heavy atom. The predicted octanol–water partition coefficient (Wildman–Crippen LogP) is 5.18. The third kappa shape index (κ3) is 4.85. The van der Waals surface area contributed by atoms with Gasteiger partial charge < -0.3 is 14.4 Å². The number of hydrogen-bond acceptors (Lipinski definition) is 5. The molecular weight excluding hydrogens is 409 g/mol. The Labute approximate surface area is 181 Å². The van der Waals surface area contributed by atoms with Crippen LogP contribution < -0.4 is 4.90 Å². The van der Waals surface area contributed by atoms with Gasteiger partial charge in [0, 0.05) is 18.8 Å². The molecule has 0 fully saturated rings. The van der Waals surface area contributed by atoms with Crippen molar-refractivity contribution in [1.29, 1.82) is 0 Å². The van der Waals surface area contributed by atoms with E-state index in [1.807, 2.05) is 18.2 Å². The van der Waals surface area contributed by atoms with Gasteiger partial charge in [-0.15, -0.1) is 0 Å². The van der Waals surface area contributed by atoms with E-state index in [0.717, 1.165) is 18.7 Å². The highest BCUT2D eigenvalue weighted by atomic mass is 35.5. The molecule has 2 aromatic rings. The Morgan fingerprint density at radius 1 is 0.966 bits per heavy atom. The highest BCUT2D eigenvalue weighted by molar-refractivity contribution is 6.42. The highest BCUT2D eigenvalue weighted by Crippen LogP contribution is 2.30. The van der Waals surface area contributed by atoms with E-state index in [4.69, 9.17) is 37.7 Å². The van der Waals surface area contributed by atoms with E-state index < -0.39 is 0 Å². The van der Waals surface area contributed by atoms with Crippen molar-refractivity contribution >= 4 is 40.7 Å². The van der Waals surface area contributed by atoms with Crippen molar-refractivity contribution in [3.63, 3.8) is 0 Å². The van der Waals surface area contributed by atoms with Gasteiger partial charge >= 0.3 is 0 Å². The molecule has 0 spiro atoms. The van der Waals surface area contributed by atoms with Gasteiger partial charge in [0.15, 0.2) is 11.8 Å². The van der Waals surface area contributed by atoms with Crippen LogP contribution in [0.15, 0.2) is 58.5 Å². The van der Waals surface area contributed by atoms with Gasteiger partial charge in [0.2, 0.25) is 0 Å². The van der Waals surface area contributed by atoms with E-state index in [0.29, 0.717) is 41.5 Å². The molecule has 4 rings (SSSR count). The maximum absolute atomic E-state index is 6.12. The first-order valence-corrected chi connectivity index (χ1v) is 10.5. The Kier molecular flexibility index (Phi) is 6.26. The molecule has 0 radical (unpaired) electrons. The minimum Gasteiger partial charge on any atom is -0.478 e. The summed E-state index contributed by atoms with van der Waals surface area (Å²) in [5, 5.41) is 1.06. The second-order valence-corrected chi connectivity index (χ2v) is 7.88. The zero-order chi connectivity index (χ0) is 20.2. The Balaban J connectivity index is 1.37. The van der Waals surface area contributed by atoms with Crippen LogP contribution >= 0.6 is 23.2 Å². The van der Waals surface area contributed by atoms with Crippen LogP contribution in [0.25, 0.3) is 0 Å². The summed E-state index contributed by atoms with van der Waals surface area (Å²) >= 11 is 12.1. The first-order valence-electron chi connectivity index (χ1n) is 9.76. The number of ether oxygens (including phenoxy) is 2. The minimum absolute atomic E-state index is 0.0776. The van der Waals surface area contributed by atoms with E-state index in [1.54, 1.807) is 6.07 Å². The molecule has 29 heavy (non-hydrogen) atoms. The fourth-order valence-corrected chi connectivity index (χ4v) is 3.82. The number of rotatable bonds is 7. The molecule has 0 saturated heterocycles. The molecular formula is C22H23Cl2N3O2. The van der Waals surface area contributed by atoms with E-state index in [2.05, 4.69) is 41.1 Å². The van der Waals surface area contributed by atoms with Gasteiger partial charge in [-0.1, -0.05) is 47.5 Å². The Hall–Kier alpha value is -2.24. The molecule has 152 valence electrons. The fourth-order valence-electron chi connectivity index (χ4n) is 3.51. The van der Waals surface area contributed by atoms with Crippen molar-refractivity contribution in [2.24, 2.45) is 9.98 Å². The zero-order valence-electron chi connectivity index (χ0n) is 16.2. The maximum atomic E-state index is 6.12. The van der Waals surface area contributed by atoms with Crippen molar-refractivity contribution in [3.05, 3.63) is 64.1 Å². The number of para-hydroxylation sites is 1. The molecule has 0 amide bonds. The van der Waals surface area contributed by atoms with Crippen molar-refractivity contribution in [2.45, 2.75) is 25.4 Å². The summed E-state index contributed by atoms with van der Waals surface area (Å²) in [6.45, 7) is 4.97. The lowest BCUT2D eigenvalue weighted by Crippen LogP contribution is -2.32. The number of benzene rings is 2. The Morgan fingerprint density at radius 3 is 2.48 bits per heavy atom. The molecule has 0 aromatic heterocycles. The summed E-state index contributed by atoms with van der Waals surface area (Å²) in [4.78, 5) is 11.7. The van der Waals surface area contributed by atoms with Crippen molar-refractivity contribution < 1.29 is 9.47 Å². The van der Waals surface area contributed by atoms with Crippen molar-refractivity contribution in [2.75, 3.05) is 31.2 Å². The number of halogens is 2. The number of likely N-dealkylation sites (N-methyl/N-ethyl adjacent to an activating group) is 1. The standard InChI is InChI=1S/C22H23Cl2N3O2/c1-2-27(17-6-4-3-5-7-17)12-16-13-28-21(25-16)11-22-26-20(14-29-22)15-8-9-18(23)19(24)10-15/h3-10,16,20H,2,11-14H2,1H3/t16-,20+/m0/s1. The van der Waals surface area contributed by atoms with Gasteiger partial charge in [0.05, 0.1) is 16.5 Å². The lowest BCUT2D eigenvalue weighted by Gasteiger charge is -2.24. The van der Waals surface area contributed by atoms with Gasteiger partial charge in [-0.2, -0.15) is 0 Å². The molecule has 2 aliphatic rings. The fraction of sp³-hybridized carbons (Fsp3) is 0.364. The molecule has 2 atom stereocenters. The van der Waals surface area contributed by atoms with Crippen LogP contribution in [0.3, 0.4) is 0 Å². The largest absolute Gasteiger partial charge is 0.478 e. The number of nitrogens with zero attached hydrogens (tertiary/aromatic N) is 3. The van der Waals surface area contributed by atoms with Crippen LogP contribution in [0.2, 0.25) is 10.0 Å². The van der Waals surface area contributed by atoms with Gasteiger partial charge in [0.1, 0.15) is 25.3 Å². The highest BCUT2D eigenvalue weighted by Gasteiger charge is 2.26. The van der Waals surface area contributed by atoms with E-state index in [-0.39, 0.29) is 12.1 Å². The molecule has 2 heterocycles. The van der Waals surface area contributed by atoms with Crippen LogP contribution in [-0.4, -0.2) is 44.1 Å². The molecule has 0 bridgehead atoms. The summed E-state index contributed by atoms with van der Waals surface area (Å²) in [5.41, 5.74) is 2.19. The summed E-state index contributed by atoms with van der Waals surface area (Å²) < 4.78 is 11.6. The second-order valence-electron chi connectivity index (χ2n) is 7.06. The van der Waals surface area contributed by atoms with Crippen molar-refractivity contribution in [3.8, 4) is 0 Å². The average molecular weight is 432 g/mol. The third-order valence-corrected chi connectivity index (χ3v) is 5.78. The monoisotopic (exact) mass is 431 g/mol. The smallest absolute Gasteiger partial charge is 0.193 e. The molecule has 2 aromatic carbocycles. The van der Waals surface area contributed by atoms with E-state index >= 15 is 0 Å². The summed E-state index contributed by atoms with van der Waals surface area (Å²) in [5.74, 6) is 1.34. The van der Waals surface area contributed by atoms with Gasteiger partial charge in [-0.25, -0.2) is 9.98 Å². The number of hydrogen-bond donors (Lipinski definition) is 0. The minimum atomic E-state index is -0.0776. The van der Waals surface area contributed by atoms with Gasteiger partial charge in [-0.05, 0) is 36.8 Å². The molecule has 0 unspecified atom stereocenters. The van der Waals surface area contributed by atoms with Gasteiger partial charge in [-0.3, -0.25) is 0 Å². The number of anilines is 1. The second kappa shape index (κ2) is 9.06. The van der Waals surface area contributed by atoms with E-state index in [1.165, 1.54) is 5.69 Å². The topological polar surface area (TPSA) is 46.4 Å². The van der Waals surface area contributed by atoms with Crippen LogP contribution in [0.4, 0.5) is 5.69 Å². The summed E-state index contributed by atoms with van der Waals surface area (Å²) in [7, 11) is 0. The quantitative estimate of drug-likeness (QED) is 0.606. The molecule has 0 N–H and O–H groups in total. The lowest BCUT2D eigenvalue weighted by atomic mass is 10.1. The first-order chi connectivity index (χ1) is 14.1. The third-order valence-electron chi connectivity index (χ3n) is 5.04.